The molecular weight excluding hydrogens is 458 g/mol. The standard InChI is InChI=1S/C24H23N3O4S2/c1-3-27-21-14-13-18(15-22(21)32-24(27)29)33(30,31)26-20-12-8-7-11-19(20)23(28)25-16(2)17-9-5-4-6-10-17/h4-16,26H,3H2,1-2H3,(H,25,28)/t16-/m1/s1. The van der Waals surface area contributed by atoms with Crippen LogP contribution in [0, 0.1) is 0 Å². The van der Waals surface area contributed by atoms with Gasteiger partial charge in [-0.05, 0) is 49.7 Å². The van der Waals surface area contributed by atoms with Crippen molar-refractivity contribution in [2.45, 2.75) is 31.3 Å². The Balaban J connectivity index is 1.61. The molecule has 0 fully saturated rings. The van der Waals surface area contributed by atoms with Crippen LogP contribution in [0.5, 0.6) is 0 Å². The molecule has 3 aromatic carbocycles. The van der Waals surface area contributed by atoms with E-state index in [-0.39, 0.29) is 27.1 Å². The number of fused-ring (bicyclic) bond motifs is 1. The fourth-order valence-electron chi connectivity index (χ4n) is 3.59. The Hall–Kier alpha value is -3.43. The molecule has 0 unspecified atom stereocenters. The number of carbonyl (C=O) groups is 1. The number of hydrogen-bond acceptors (Lipinski definition) is 5. The second kappa shape index (κ2) is 9.21. The SMILES string of the molecule is CCn1c(=O)sc2cc(S(=O)(=O)Nc3ccccc3C(=O)N[C@H](C)c3ccccc3)ccc21. The minimum Gasteiger partial charge on any atom is -0.345 e. The minimum atomic E-state index is -3.99. The van der Waals surface area contributed by atoms with Gasteiger partial charge in [0.1, 0.15) is 0 Å². The molecule has 33 heavy (non-hydrogen) atoms. The summed E-state index contributed by atoms with van der Waals surface area (Å²) in [6.45, 7) is 4.23. The molecule has 0 spiro atoms. The molecule has 0 bridgehead atoms. The molecule has 2 N–H and O–H groups in total. The third-order valence-corrected chi connectivity index (χ3v) is 7.63. The summed E-state index contributed by atoms with van der Waals surface area (Å²) in [6.07, 6.45) is 0. The Bertz CT molecular complexity index is 1470. The summed E-state index contributed by atoms with van der Waals surface area (Å²) in [5.41, 5.74) is 2.03. The van der Waals surface area contributed by atoms with Gasteiger partial charge >= 0.3 is 4.87 Å². The highest BCUT2D eigenvalue weighted by atomic mass is 32.2. The molecule has 0 radical (unpaired) electrons. The lowest BCUT2D eigenvalue weighted by Gasteiger charge is -2.17. The van der Waals surface area contributed by atoms with Crippen molar-refractivity contribution in [3.8, 4) is 0 Å². The maximum Gasteiger partial charge on any atom is 0.308 e. The van der Waals surface area contributed by atoms with E-state index in [1.54, 1.807) is 34.9 Å². The van der Waals surface area contributed by atoms with Crippen molar-refractivity contribution >= 4 is 43.2 Å². The van der Waals surface area contributed by atoms with E-state index < -0.39 is 15.9 Å². The van der Waals surface area contributed by atoms with Crippen molar-refractivity contribution in [1.82, 2.24) is 9.88 Å². The summed E-state index contributed by atoms with van der Waals surface area (Å²) in [7, 11) is -3.99. The molecule has 0 saturated heterocycles. The fraction of sp³-hybridized carbons (Fsp3) is 0.167. The second-order valence-electron chi connectivity index (χ2n) is 7.50. The zero-order chi connectivity index (χ0) is 23.6. The van der Waals surface area contributed by atoms with Crippen LogP contribution in [0.4, 0.5) is 5.69 Å². The monoisotopic (exact) mass is 481 g/mol. The second-order valence-corrected chi connectivity index (χ2v) is 10.2. The van der Waals surface area contributed by atoms with E-state index in [4.69, 9.17) is 0 Å². The highest BCUT2D eigenvalue weighted by Gasteiger charge is 2.21. The lowest BCUT2D eigenvalue weighted by Crippen LogP contribution is -2.28. The molecule has 4 aromatic rings. The van der Waals surface area contributed by atoms with E-state index >= 15 is 0 Å². The van der Waals surface area contributed by atoms with Crippen LogP contribution in [0.25, 0.3) is 10.2 Å². The number of nitrogens with zero attached hydrogens (tertiary/aromatic N) is 1. The van der Waals surface area contributed by atoms with Crippen LogP contribution in [0.3, 0.4) is 0 Å². The lowest BCUT2D eigenvalue weighted by molar-refractivity contribution is 0.0941. The third kappa shape index (κ3) is 4.69. The zero-order valence-corrected chi connectivity index (χ0v) is 19.7. The summed E-state index contributed by atoms with van der Waals surface area (Å²) >= 11 is 1.00. The van der Waals surface area contributed by atoms with Gasteiger partial charge in [0.15, 0.2) is 0 Å². The third-order valence-electron chi connectivity index (χ3n) is 5.33. The molecule has 1 amide bonds. The van der Waals surface area contributed by atoms with Gasteiger partial charge in [-0.2, -0.15) is 0 Å². The van der Waals surface area contributed by atoms with Crippen LogP contribution in [0.1, 0.15) is 35.8 Å². The quantitative estimate of drug-likeness (QED) is 0.409. The van der Waals surface area contributed by atoms with Gasteiger partial charge in [0.25, 0.3) is 15.9 Å². The van der Waals surface area contributed by atoms with E-state index in [2.05, 4.69) is 10.0 Å². The van der Waals surface area contributed by atoms with Crippen molar-refractivity contribution in [2.24, 2.45) is 0 Å². The Labute approximate surface area is 195 Å². The summed E-state index contributed by atoms with van der Waals surface area (Å²) < 4.78 is 30.9. The number of aromatic nitrogens is 1. The highest BCUT2D eigenvalue weighted by molar-refractivity contribution is 7.92. The molecule has 1 aromatic heterocycles. The maximum atomic E-state index is 13.1. The first-order valence-electron chi connectivity index (χ1n) is 10.4. The first-order valence-corrected chi connectivity index (χ1v) is 12.7. The number of nitrogens with one attached hydrogen (secondary N) is 2. The summed E-state index contributed by atoms with van der Waals surface area (Å²) in [4.78, 5) is 24.9. The first kappa shape index (κ1) is 22.8. The molecule has 0 aliphatic rings. The first-order chi connectivity index (χ1) is 15.8. The molecule has 1 atom stereocenters. The van der Waals surface area contributed by atoms with Crippen molar-refractivity contribution in [1.29, 1.82) is 0 Å². The molecule has 0 aliphatic heterocycles. The van der Waals surface area contributed by atoms with Gasteiger partial charge in [-0.15, -0.1) is 0 Å². The number of benzene rings is 3. The largest absolute Gasteiger partial charge is 0.345 e. The predicted molar refractivity (Wildman–Crippen MR) is 131 cm³/mol. The van der Waals surface area contributed by atoms with Crippen LogP contribution >= 0.6 is 11.3 Å². The molecule has 0 aliphatic carbocycles. The normalized spacial score (nSPS) is 12.4. The molecular formula is C24H23N3O4S2. The van der Waals surface area contributed by atoms with Crippen LogP contribution in [0.15, 0.2) is 82.5 Å². The van der Waals surface area contributed by atoms with Crippen LogP contribution in [-0.4, -0.2) is 18.9 Å². The Morgan fingerprint density at radius 3 is 2.45 bits per heavy atom. The van der Waals surface area contributed by atoms with Crippen molar-refractivity contribution in [3.63, 3.8) is 0 Å². The van der Waals surface area contributed by atoms with Gasteiger partial charge in [0.2, 0.25) is 0 Å². The van der Waals surface area contributed by atoms with E-state index in [0.29, 0.717) is 16.8 Å². The summed E-state index contributed by atoms with van der Waals surface area (Å²) in [5, 5.41) is 2.91. The number of thiazole rings is 1. The number of anilines is 1. The van der Waals surface area contributed by atoms with Crippen molar-refractivity contribution in [2.75, 3.05) is 4.72 Å². The summed E-state index contributed by atoms with van der Waals surface area (Å²) in [5.74, 6) is -0.390. The average Bonchev–Trinajstić information content (AvgIpc) is 3.13. The van der Waals surface area contributed by atoms with E-state index in [1.165, 1.54) is 12.1 Å². The molecule has 1 heterocycles. The number of rotatable bonds is 7. The van der Waals surface area contributed by atoms with Crippen LogP contribution < -0.4 is 14.9 Å². The number of hydrogen-bond donors (Lipinski definition) is 2. The summed E-state index contributed by atoms with van der Waals surface area (Å²) in [6, 6.07) is 20.3. The van der Waals surface area contributed by atoms with Gasteiger partial charge in [0, 0.05) is 6.54 Å². The number of amides is 1. The van der Waals surface area contributed by atoms with E-state index in [0.717, 1.165) is 16.9 Å². The molecule has 0 saturated carbocycles. The number of aryl methyl sites for hydroxylation is 1. The Morgan fingerprint density at radius 1 is 1.03 bits per heavy atom. The van der Waals surface area contributed by atoms with Gasteiger partial charge in [-0.25, -0.2) is 8.42 Å². The Morgan fingerprint density at radius 2 is 1.73 bits per heavy atom. The maximum absolute atomic E-state index is 13.1. The number of sulfonamides is 1. The van der Waals surface area contributed by atoms with E-state index in [1.807, 2.05) is 44.2 Å². The fourth-order valence-corrected chi connectivity index (χ4v) is 5.76. The molecule has 7 nitrogen and oxygen atoms in total. The topological polar surface area (TPSA) is 97.3 Å². The molecule has 4 rings (SSSR count). The number of carbonyl (C=O) groups excluding carboxylic acids is 1. The van der Waals surface area contributed by atoms with Crippen molar-refractivity contribution < 1.29 is 13.2 Å². The van der Waals surface area contributed by atoms with Gasteiger partial charge in [-0.1, -0.05) is 53.8 Å². The number of para-hydroxylation sites is 1. The van der Waals surface area contributed by atoms with Gasteiger partial charge < -0.3 is 5.32 Å². The lowest BCUT2D eigenvalue weighted by atomic mass is 10.1. The van der Waals surface area contributed by atoms with Gasteiger partial charge in [-0.3, -0.25) is 18.9 Å². The van der Waals surface area contributed by atoms with Crippen molar-refractivity contribution in [3.05, 3.63) is 93.6 Å². The van der Waals surface area contributed by atoms with Gasteiger partial charge in [0.05, 0.1) is 32.4 Å². The minimum absolute atomic E-state index is 0.0207. The van der Waals surface area contributed by atoms with E-state index in [9.17, 15) is 18.0 Å². The smallest absolute Gasteiger partial charge is 0.308 e. The molecule has 170 valence electrons. The van der Waals surface area contributed by atoms with Crippen LogP contribution in [-0.2, 0) is 16.6 Å². The highest BCUT2D eigenvalue weighted by Crippen LogP contribution is 2.25. The average molecular weight is 482 g/mol. The van der Waals surface area contributed by atoms with Crippen LogP contribution in [0.2, 0.25) is 0 Å². The zero-order valence-electron chi connectivity index (χ0n) is 18.1. The molecule has 9 heteroatoms. The predicted octanol–water partition coefficient (Wildman–Crippen LogP) is 4.37. The Kier molecular flexibility index (Phi) is 6.35.